The van der Waals surface area contributed by atoms with Gasteiger partial charge >= 0.3 is 0 Å². The molecule has 35 heavy (non-hydrogen) atoms. The molecule has 1 aromatic heterocycles. The Balaban J connectivity index is 1.57. The molecule has 11 heteroatoms. The Morgan fingerprint density at radius 3 is 1.37 bits per heavy atom. The van der Waals surface area contributed by atoms with E-state index in [0.717, 1.165) is 0 Å². The predicted molar refractivity (Wildman–Crippen MR) is 138 cm³/mol. The van der Waals surface area contributed by atoms with Gasteiger partial charge in [0.1, 0.15) is 11.2 Å². The summed E-state index contributed by atoms with van der Waals surface area (Å²) in [5.41, 5.74) is 1.30. The Kier molecular flexibility index (Phi) is 5.88. The minimum Gasteiger partial charge on any atom is -0.456 e. The van der Waals surface area contributed by atoms with Crippen LogP contribution in [0.15, 0.2) is 99.1 Å². The molecular weight excluding hydrogens is 531 g/mol. The van der Waals surface area contributed by atoms with Crippen molar-refractivity contribution in [2.75, 3.05) is 9.44 Å². The zero-order chi connectivity index (χ0) is 24.8. The lowest BCUT2D eigenvalue weighted by atomic mass is 10.1. The molecule has 0 saturated heterocycles. The van der Waals surface area contributed by atoms with Crippen LogP contribution in [0, 0.1) is 0 Å². The number of hydrogen-bond acceptors (Lipinski definition) is 5. The van der Waals surface area contributed by atoms with Gasteiger partial charge in [-0.25, -0.2) is 16.8 Å². The largest absolute Gasteiger partial charge is 0.456 e. The maximum absolute atomic E-state index is 13.0. The predicted octanol–water partition coefficient (Wildman–Crippen LogP) is 6.49. The van der Waals surface area contributed by atoms with E-state index in [1.807, 2.05) is 0 Å². The minimum absolute atomic E-state index is 0.0323. The van der Waals surface area contributed by atoms with Crippen LogP contribution in [-0.2, 0) is 20.0 Å². The Morgan fingerprint density at radius 2 is 0.971 bits per heavy atom. The van der Waals surface area contributed by atoms with E-state index in [1.54, 1.807) is 48.5 Å². The Bertz CT molecular complexity index is 1690. The second kappa shape index (κ2) is 8.76. The highest BCUT2D eigenvalue weighted by atomic mass is 35.5. The van der Waals surface area contributed by atoms with Crippen molar-refractivity contribution in [1.29, 1.82) is 0 Å². The van der Waals surface area contributed by atoms with Gasteiger partial charge in [-0.2, -0.15) is 0 Å². The number of para-hydroxylation sites is 2. The standard InChI is InChI=1S/C24H16Cl2N2O5S2/c25-19-5-1-3-7-21(19)27-34(29,30)15-9-11-23-17(13-15)18-14-16(10-12-24(18)33-23)35(31,32)28-22-8-4-2-6-20(22)26/h1-14,27-28H. The average Bonchev–Trinajstić information content (AvgIpc) is 3.19. The fraction of sp³-hybridized carbons (Fsp3) is 0. The summed E-state index contributed by atoms with van der Waals surface area (Å²) in [6, 6.07) is 21.7. The summed E-state index contributed by atoms with van der Waals surface area (Å²) in [4.78, 5) is -0.0647. The maximum Gasteiger partial charge on any atom is 0.261 e. The third kappa shape index (κ3) is 4.55. The molecule has 7 nitrogen and oxygen atoms in total. The number of anilines is 2. The van der Waals surface area contributed by atoms with Crippen LogP contribution >= 0.6 is 23.2 Å². The van der Waals surface area contributed by atoms with E-state index in [1.165, 1.54) is 36.4 Å². The minimum atomic E-state index is -3.98. The van der Waals surface area contributed by atoms with Crippen LogP contribution in [0.5, 0.6) is 0 Å². The summed E-state index contributed by atoms with van der Waals surface area (Å²) in [5.74, 6) is 0. The zero-order valence-electron chi connectivity index (χ0n) is 17.7. The molecule has 5 aromatic rings. The number of rotatable bonds is 6. The number of furan rings is 1. The van der Waals surface area contributed by atoms with Gasteiger partial charge in [-0.15, -0.1) is 0 Å². The topological polar surface area (TPSA) is 105 Å². The first-order valence-electron chi connectivity index (χ1n) is 10.2. The van der Waals surface area contributed by atoms with Crippen LogP contribution in [0.2, 0.25) is 10.0 Å². The van der Waals surface area contributed by atoms with E-state index in [2.05, 4.69) is 9.44 Å². The molecule has 178 valence electrons. The number of fused-ring (bicyclic) bond motifs is 3. The summed E-state index contributed by atoms with van der Waals surface area (Å²) in [7, 11) is -7.96. The first-order chi connectivity index (χ1) is 16.6. The Labute approximate surface area is 211 Å². The highest BCUT2D eigenvalue weighted by Crippen LogP contribution is 2.34. The van der Waals surface area contributed by atoms with Crippen molar-refractivity contribution < 1.29 is 21.3 Å². The third-order valence-corrected chi connectivity index (χ3v) is 8.65. The maximum atomic E-state index is 13.0. The van der Waals surface area contributed by atoms with Crippen molar-refractivity contribution in [3.8, 4) is 0 Å². The first kappa shape index (κ1) is 23.5. The van der Waals surface area contributed by atoms with Crippen LogP contribution in [0.4, 0.5) is 11.4 Å². The van der Waals surface area contributed by atoms with Gasteiger partial charge in [0.15, 0.2) is 0 Å². The van der Waals surface area contributed by atoms with Crippen LogP contribution in [-0.4, -0.2) is 16.8 Å². The van der Waals surface area contributed by atoms with Crippen LogP contribution < -0.4 is 9.44 Å². The Morgan fingerprint density at radius 1 is 0.571 bits per heavy atom. The second-order valence-corrected chi connectivity index (χ2v) is 11.8. The van der Waals surface area contributed by atoms with Crippen molar-refractivity contribution in [2.45, 2.75) is 9.79 Å². The lowest BCUT2D eigenvalue weighted by molar-refractivity contribution is 0.599. The second-order valence-electron chi connectivity index (χ2n) is 7.59. The highest BCUT2D eigenvalue weighted by Gasteiger charge is 2.21. The number of halogens is 2. The lowest BCUT2D eigenvalue weighted by Crippen LogP contribution is -2.13. The molecule has 0 aliphatic carbocycles. The molecule has 0 fully saturated rings. The number of nitrogens with one attached hydrogen (secondary N) is 2. The van der Waals surface area contributed by atoms with Crippen LogP contribution in [0.25, 0.3) is 21.9 Å². The third-order valence-electron chi connectivity index (χ3n) is 5.27. The molecule has 0 atom stereocenters. The van der Waals surface area contributed by atoms with Gasteiger partial charge in [-0.3, -0.25) is 9.44 Å². The van der Waals surface area contributed by atoms with Crippen molar-refractivity contribution in [3.63, 3.8) is 0 Å². The average molecular weight is 547 g/mol. The SMILES string of the molecule is O=S(=O)(Nc1ccccc1Cl)c1ccc2oc3ccc(S(=O)(=O)Nc4ccccc4Cl)cc3c2c1. The molecule has 0 saturated carbocycles. The number of benzene rings is 4. The smallest absolute Gasteiger partial charge is 0.261 e. The number of hydrogen-bond donors (Lipinski definition) is 2. The van der Waals surface area contributed by atoms with Crippen molar-refractivity contribution in [2.24, 2.45) is 0 Å². The molecule has 0 bridgehead atoms. The summed E-state index contributed by atoms with van der Waals surface area (Å²) in [6.07, 6.45) is 0. The molecule has 5 rings (SSSR count). The van der Waals surface area contributed by atoms with E-state index >= 15 is 0 Å². The van der Waals surface area contributed by atoms with Gasteiger partial charge in [-0.05, 0) is 60.7 Å². The quantitative estimate of drug-likeness (QED) is 0.253. The van der Waals surface area contributed by atoms with Gasteiger partial charge in [0.25, 0.3) is 20.0 Å². The van der Waals surface area contributed by atoms with Gasteiger partial charge in [0.2, 0.25) is 0 Å². The summed E-state index contributed by atoms with van der Waals surface area (Å²) < 4.78 is 62.7. The summed E-state index contributed by atoms with van der Waals surface area (Å²) in [6.45, 7) is 0. The van der Waals surface area contributed by atoms with Crippen LogP contribution in [0.1, 0.15) is 0 Å². The fourth-order valence-electron chi connectivity index (χ4n) is 3.57. The molecule has 0 aliphatic rings. The molecule has 4 aromatic carbocycles. The van der Waals surface area contributed by atoms with E-state index in [4.69, 9.17) is 27.6 Å². The fourth-order valence-corrected chi connectivity index (χ4v) is 6.25. The van der Waals surface area contributed by atoms with E-state index in [0.29, 0.717) is 21.9 Å². The number of sulfonamides is 2. The molecule has 2 N–H and O–H groups in total. The Hall–Kier alpha value is -3.24. The van der Waals surface area contributed by atoms with E-state index in [9.17, 15) is 16.8 Å². The molecule has 0 amide bonds. The van der Waals surface area contributed by atoms with E-state index in [-0.39, 0.29) is 31.2 Å². The first-order valence-corrected chi connectivity index (χ1v) is 13.9. The molecule has 0 aliphatic heterocycles. The zero-order valence-corrected chi connectivity index (χ0v) is 20.8. The summed E-state index contributed by atoms with van der Waals surface area (Å²) in [5, 5.41) is 1.40. The van der Waals surface area contributed by atoms with Crippen LogP contribution in [0.3, 0.4) is 0 Å². The normalized spacial score (nSPS) is 12.2. The van der Waals surface area contributed by atoms with Gasteiger partial charge in [0, 0.05) is 10.8 Å². The lowest BCUT2D eigenvalue weighted by Gasteiger charge is -2.10. The monoisotopic (exact) mass is 546 g/mol. The van der Waals surface area contributed by atoms with Gasteiger partial charge < -0.3 is 4.42 Å². The summed E-state index contributed by atoms with van der Waals surface area (Å²) >= 11 is 12.2. The van der Waals surface area contributed by atoms with Gasteiger partial charge in [0.05, 0.1) is 31.2 Å². The highest BCUT2D eigenvalue weighted by molar-refractivity contribution is 7.93. The molecule has 0 unspecified atom stereocenters. The molecule has 0 spiro atoms. The molecule has 1 heterocycles. The van der Waals surface area contributed by atoms with Gasteiger partial charge in [-0.1, -0.05) is 47.5 Å². The molecule has 0 radical (unpaired) electrons. The van der Waals surface area contributed by atoms with Crippen molar-refractivity contribution in [3.05, 3.63) is 95.0 Å². The van der Waals surface area contributed by atoms with Crippen molar-refractivity contribution in [1.82, 2.24) is 0 Å². The van der Waals surface area contributed by atoms with E-state index < -0.39 is 20.0 Å². The van der Waals surface area contributed by atoms with Crippen molar-refractivity contribution >= 4 is 76.6 Å². The molecular formula is C24H16Cl2N2O5S2.